The summed E-state index contributed by atoms with van der Waals surface area (Å²) in [6, 6.07) is 21.5. The van der Waals surface area contributed by atoms with Gasteiger partial charge < -0.3 is 31.1 Å². The van der Waals surface area contributed by atoms with Crippen molar-refractivity contribution in [2.45, 2.75) is 18.9 Å². The average molecular weight is 455 g/mol. The zero-order valence-electron chi connectivity index (χ0n) is 18.7. The largest absolute Gasteiger partial charge is 1.00 e. The van der Waals surface area contributed by atoms with E-state index in [4.69, 9.17) is 9.25 Å². The smallest absolute Gasteiger partial charge is 0.530 e. The predicted molar refractivity (Wildman–Crippen MR) is 123 cm³/mol. The molecule has 0 radical (unpaired) electrons. The minimum absolute atomic E-state index is 0. The summed E-state index contributed by atoms with van der Waals surface area (Å²) in [6.45, 7) is 5.63. The second kappa shape index (κ2) is 10.9. The van der Waals surface area contributed by atoms with Gasteiger partial charge in [0.25, 0.3) is 5.95 Å². The van der Waals surface area contributed by atoms with E-state index in [0.29, 0.717) is 11.7 Å². The number of nitrogens with one attached hydrogen (secondary N) is 1. The first-order valence-electron chi connectivity index (χ1n) is 10.3. The molecule has 2 atom stereocenters. The second-order valence-electron chi connectivity index (χ2n) is 8.06. The van der Waals surface area contributed by atoms with E-state index in [9.17, 15) is 0 Å². The van der Waals surface area contributed by atoms with Crippen molar-refractivity contribution in [3.8, 4) is 17.8 Å². The first kappa shape index (κ1) is 24.9. The summed E-state index contributed by atoms with van der Waals surface area (Å²) in [6.07, 6.45) is 1.24. The van der Waals surface area contributed by atoms with Gasteiger partial charge in [-0.15, -0.1) is 5.69 Å². The van der Waals surface area contributed by atoms with Gasteiger partial charge in [0, 0.05) is 37.0 Å². The molecule has 4 N–H and O–H groups in total. The summed E-state index contributed by atoms with van der Waals surface area (Å²) >= 11 is 0. The standard InChI is InChI=1S/C25H24N3O2.K.H3N/c1-25-18-26-17-20(25)15-16-28(25)22-10-8-21(9-11-22)27-30-24-14-13-23(29-24)12-7-19-5-3-2-4-6-19;;/h2-6,8-11,13-14,20,26H,15-18H2,1H3;;1H3/q-1;+1;. The van der Waals surface area contributed by atoms with Crippen molar-refractivity contribution in [2.24, 2.45) is 5.92 Å². The number of furan rings is 1. The number of nitrogens with zero attached hydrogens (tertiary/aromatic N) is 2. The number of hydrogen-bond donors (Lipinski definition) is 2. The van der Waals surface area contributed by atoms with Crippen LogP contribution in [0.2, 0.25) is 0 Å². The monoisotopic (exact) mass is 454 g/mol. The van der Waals surface area contributed by atoms with Crippen LogP contribution in [-0.4, -0.2) is 25.2 Å². The summed E-state index contributed by atoms with van der Waals surface area (Å²) in [4.78, 5) is 7.97. The van der Waals surface area contributed by atoms with Crippen LogP contribution in [0, 0.1) is 17.8 Å². The minimum Gasteiger partial charge on any atom is -0.530 e. The van der Waals surface area contributed by atoms with E-state index in [0.717, 1.165) is 36.8 Å². The van der Waals surface area contributed by atoms with Gasteiger partial charge in [-0.3, -0.25) is 0 Å². The van der Waals surface area contributed by atoms with E-state index in [1.165, 1.54) is 12.1 Å². The fraction of sp³-hybridized carbons (Fsp3) is 0.280. The SMILES string of the molecule is CC12CNCC1CCN2c1ccc([N-]Oc2ccc(C#Cc3ccccc3)o2)cc1.N.[K+]. The Hall–Kier alpha value is -1.76. The molecule has 6 nitrogen and oxygen atoms in total. The van der Waals surface area contributed by atoms with Crippen molar-refractivity contribution < 1.29 is 60.6 Å². The molecule has 0 aliphatic carbocycles. The maximum Gasteiger partial charge on any atom is 1.00 e. The van der Waals surface area contributed by atoms with Gasteiger partial charge in [0.2, 0.25) is 0 Å². The van der Waals surface area contributed by atoms with Crippen LogP contribution in [0.3, 0.4) is 0 Å². The van der Waals surface area contributed by atoms with E-state index in [1.54, 1.807) is 12.1 Å². The molecule has 3 heterocycles. The quantitative estimate of drug-likeness (QED) is 0.358. The van der Waals surface area contributed by atoms with Crippen LogP contribution in [0.1, 0.15) is 24.7 Å². The molecule has 2 aliphatic rings. The van der Waals surface area contributed by atoms with E-state index in [-0.39, 0.29) is 63.1 Å². The Kier molecular flexibility index (Phi) is 8.47. The molecule has 0 amide bonds. The Bertz CT molecular complexity index is 1070. The summed E-state index contributed by atoms with van der Waals surface area (Å²) in [5, 5.41) is 3.53. The van der Waals surface area contributed by atoms with Crippen molar-refractivity contribution >= 4 is 11.4 Å². The summed E-state index contributed by atoms with van der Waals surface area (Å²) in [5.41, 5.74) is 7.32. The van der Waals surface area contributed by atoms with Crippen molar-refractivity contribution in [2.75, 3.05) is 24.5 Å². The Morgan fingerprint density at radius 1 is 1.06 bits per heavy atom. The first-order chi connectivity index (χ1) is 14.7. The number of fused-ring (bicyclic) bond motifs is 1. The van der Waals surface area contributed by atoms with Crippen molar-refractivity contribution in [1.29, 1.82) is 0 Å². The van der Waals surface area contributed by atoms with Gasteiger partial charge in [0.1, 0.15) is 0 Å². The molecule has 32 heavy (non-hydrogen) atoms. The zero-order chi connectivity index (χ0) is 20.4. The predicted octanol–water partition coefficient (Wildman–Crippen LogP) is 2.03. The van der Waals surface area contributed by atoms with Crippen LogP contribution in [0.15, 0.2) is 71.1 Å². The molecular formula is C25H27KN4O2. The van der Waals surface area contributed by atoms with Crippen LogP contribution < -0.4 is 72.6 Å². The summed E-state index contributed by atoms with van der Waals surface area (Å²) < 4.78 is 5.59. The molecule has 0 spiro atoms. The molecule has 2 aliphatic heterocycles. The van der Waals surface area contributed by atoms with Crippen LogP contribution in [0.5, 0.6) is 5.95 Å². The van der Waals surface area contributed by atoms with E-state index in [1.807, 2.05) is 42.5 Å². The summed E-state index contributed by atoms with van der Waals surface area (Å²) in [5.74, 6) is 7.64. The fourth-order valence-corrected chi connectivity index (χ4v) is 4.44. The number of anilines is 1. The van der Waals surface area contributed by atoms with Gasteiger partial charge in [0.05, 0.1) is 5.54 Å². The van der Waals surface area contributed by atoms with E-state index in [2.05, 4.69) is 46.6 Å². The molecular weight excluding hydrogens is 427 g/mol. The van der Waals surface area contributed by atoms with Gasteiger partial charge >= 0.3 is 51.4 Å². The van der Waals surface area contributed by atoms with Crippen LogP contribution in [0.25, 0.3) is 5.48 Å². The van der Waals surface area contributed by atoms with E-state index >= 15 is 0 Å². The van der Waals surface area contributed by atoms with Gasteiger partial charge in [-0.1, -0.05) is 36.3 Å². The fourth-order valence-electron chi connectivity index (χ4n) is 4.44. The molecule has 2 aromatic carbocycles. The number of hydrogen-bond acceptors (Lipinski definition) is 5. The van der Waals surface area contributed by atoms with Crippen molar-refractivity contribution in [3.05, 3.63) is 83.5 Å². The van der Waals surface area contributed by atoms with Crippen molar-refractivity contribution in [1.82, 2.24) is 11.5 Å². The third-order valence-electron chi connectivity index (χ3n) is 6.16. The molecule has 0 bridgehead atoms. The second-order valence-corrected chi connectivity index (χ2v) is 8.06. The molecule has 5 rings (SSSR count). The van der Waals surface area contributed by atoms with Crippen LogP contribution in [-0.2, 0) is 0 Å². The molecule has 2 fully saturated rings. The third-order valence-corrected chi connectivity index (χ3v) is 6.16. The minimum atomic E-state index is 0. The average Bonchev–Trinajstić information content (AvgIpc) is 3.46. The Morgan fingerprint density at radius 2 is 1.84 bits per heavy atom. The zero-order valence-corrected chi connectivity index (χ0v) is 21.8. The van der Waals surface area contributed by atoms with Gasteiger partial charge in [-0.25, -0.2) is 0 Å². The molecule has 2 unspecified atom stereocenters. The molecule has 1 aromatic heterocycles. The Balaban J connectivity index is 0.00000144. The molecule has 3 aromatic rings. The van der Waals surface area contributed by atoms with Gasteiger partial charge in [-0.2, -0.15) is 0 Å². The molecule has 160 valence electrons. The number of benzene rings is 2. The Labute approximate surface area is 232 Å². The number of rotatable bonds is 4. The van der Waals surface area contributed by atoms with Crippen molar-refractivity contribution in [3.63, 3.8) is 0 Å². The summed E-state index contributed by atoms with van der Waals surface area (Å²) in [7, 11) is 0. The molecule has 2 saturated heterocycles. The third kappa shape index (κ3) is 5.24. The van der Waals surface area contributed by atoms with Gasteiger partial charge in [0.15, 0.2) is 5.76 Å². The van der Waals surface area contributed by atoms with Crippen LogP contribution >= 0.6 is 0 Å². The topological polar surface area (TPSA) is 86.7 Å². The maximum atomic E-state index is 5.59. The van der Waals surface area contributed by atoms with E-state index < -0.39 is 0 Å². The molecule has 7 heteroatoms. The maximum absolute atomic E-state index is 5.59. The molecule has 0 saturated carbocycles. The normalized spacial score (nSPS) is 20.9. The van der Waals surface area contributed by atoms with Crippen LogP contribution in [0.4, 0.5) is 11.4 Å². The Morgan fingerprint density at radius 3 is 2.62 bits per heavy atom. The van der Waals surface area contributed by atoms with Gasteiger partial charge in [-0.05, 0) is 55.5 Å². The first-order valence-corrected chi connectivity index (χ1v) is 10.3.